The van der Waals surface area contributed by atoms with Gasteiger partial charge in [0.05, 0.1) is 17.0 Å². The monoisotopic (exact) mass is 207 g/mol. The van der Waals surface area contributed by atoms with Gasteiger partial charge in [0.2, 0.25) is 5.96 Å². The van der Waals surface area contributed by atoms with E-state index in [2.05, 4.69) is 10.2 Å². The summed E-state index contributed by atoms with van der Waals surface area (Å²) in [6, 6.07) is 6.21. The average molecular weight is 207 g/mol. The van der Waals surface area contributed by atoms with E-state index >= 15 is 0 Å². The highest BCUT2D eigenvalue weighted by Crippen LogP contribution is 2.18. The van der Waals surface area contributed by atoms with Gasteiger partial charge in [0.1, 0.15) is 0 Å². The number of nitro benzene ring substituents is 1. The summed E-state index contributed by atoms with van der Waals surface area (Å²) in [5.41, 5.74) is 5.37. The second kappa shape index (κ2) is 4.80. The van der Waals surface area contributed by atoms with Crippen LogP contribution in [0.1, 0.15) is 5.56 Å². The van der Waals surface area contributed by atoms with Gasteiger partial charge in [-0.15, -0.1) is 5.11 Å². The minimum atomic E-state index is -0.487. The first-order chi connectivity index (χ1) is 7.11. The summed E-state index contributed by atoms with van der Waals surface area (Å²) in [6.45, 7) is 0.0384. The van der Waals surface area contributed by atoms with Crippen LogP contribution in [0.3, 0.4) is 0 Å². The summed E-state index contributed by atoms with van der Waals surface area (Å²) in [6.07, 6.45) is 0. The molecule has 78 valence electrons. The number of hydrogen-bond acceptors (Lipinski definition) is 4. The van der Waals surface area contributed by atoms with Crippen molar-refractivity contribution in [3.8, 4) is 0 Å². The van der Waals surface area contributed by atoms with Gasteiger partial charge in [-0.2, -0.15) is 5.11 Å². The van der Waals surface area contributed by atoms with Crippen molar-refractivity contribution >= 4 is 11.6 Å². The van der Waals surface area contributed by atoms with Crippen LogP contribution in [0.2, 0.25) is 0 Å². The molecule has 1 rings (SSSR count). The molecule has 0 amide bonds. The third-order valence-electron chi connectivity index (χ3n) is 1.61. The summed E-state index contributed by atoms with van der Waals surface area (Å²) < 4.78 is 0. The number of guanidine groups is 1. The highest BCUT2D eigenvalue weighted by Gasteiger charge is 2.10. The van der Waals surface area contributed by atoms with E-state index in [0.29, 0.717) is 5.56 Å². The average Bonchev–Trinajstić information content (AvgIpc) is 2.17. The van der Waals surface area contributed by atoms with Gasteiger partial charge < -0.3 is 5.73 Å². The van der Waals surface area contributed by atoms with E-state index < -0.39 is 10.9 Å². The molecule has 15 heavy (non-hydrogen) atoms. The SMILES string of the molecule is N=C(N)N=NCc1ccccc1[N+](=O)[O-]. The molecule has 0 spiro atoms. The first-order valence-corrected chi connectivity index (χ1v) is 4.05. The Morgan fingerprint density at radius 1 is 1.53 bits per heavy atom. The predicted molar refractivity (Wildman–Crippen MR) is 53.6 cm³/mol. The van der Waals surface area contributed by atoms with Crippen LogP contribution in [0.15, 0.2) is 34.5 Å². The summed E-state index contributed by atoms with van der Waals surface area (Å²) >= 11 is 0. The minimum absolute atomic E-state index is 0.0139. The van der Waals surface area contributed by atoms with E-state index in [9.17, 15) is 10.1 Å². The highest BCUT2D eigenvalue weighted by atomic mass is 16.6. The molecular formula is C8H9N5O2. The minimum Gasteiger partial charge on any atom is -0.367 e. The lowest BCUT2D eigenvalue weighted by molar-refractivity contribution is -0.385. The molecule has 0 aromatic heterocycles. The Balaban J connectivity index is 2.85. The molecule has 0 heterocycles. The van der Waals surface area contributed by atoms with Crippen molar-refractivity contribution in [2.45, 2.75) is 6.54 Å². The largest absolute Gasteiger partial charge is 0.367 e. The molecule has 3 N–H and O–H groups in total. The number of benzene rings is 1. The fourth-order valence-corrected chi connectivity index (χ4v) is 1.01. The molecule has 0 unspecified atom stereocenters. The van der Waals surface area contributed by atoms with Crippen LogP contribution in [0.4, 0.5) is 5.69 Å². The number of rotatable bonds is 3. The fraction of sp³-hybridized carbons (Fsp3) is 0.125. The molecule has 0 bridgehead atoms. The Hall–Kier alpha value is -2.31. The van der Waals surface area contributed by atoms with Crippen molar-refractivity contribution < 1.29 is 4.92 Å². The van der Waals surface area contributed by atoms with E-state index in [0.717, 1.165) is 0 Å². The van der Waals surface area contributed by atoms with Crippen LogP contribution >= 0.6 is 0 Å². The normalized spacial score (nSPS) is 10.4. The van der Waals surface area contributed by atoms with Gasteiger partial charge in [-0.25, -0.2) is 0 Å². The number of para-hydroxylation sites is 1. The Morgan fingerprint density at radius 3 is 2.80 bits per heavy atom. The second-order valence-corrected chi connectivity index (χ2v) is 2.67. The standard InChI is InChI=1S/C8H9N5O2/c9-8(10)12-11-5-6-3-1-2-4-7(6)13(14)15/h1-4H,5H2,(H3,9,10). The number of nitrogens with zero attached hydrogens (tertiary/aromatic N) is 3. The van der Waals surface area contributed by atoms with E-state index in [1.165, 1.54) is 6.07 Å². The van der Waals surface area contributed by atoms with Gasteiger partial charge in [0.25, 0.3) is 5.69 Å². The van der Waals surface area contributed by atoms with Gasteiger partial charge in [-0.3, -0.25) is 15.5 Å². The summed E-state index contributed by atoms with van der Waals surface area (Å²) in [7, 11) is 0. The lowest BCUT2D eigenvalue weighted by Gasteiger charge is -1.97. The molecular weight excluding hydrogens is 198 g/mol. The maximum absolute atomic E-state index is 10.6. The van der Waals surface area contributed by atoms with Crippen LogP contribution in [0.25, 0.3) is 0 Å². The molecule has 0 aliphatic rings. The third kappa shape index (κ3) is 3.14. The lowest BCUT2D eigenvalue weighted by atomic mass is 10.2. The topological polar surface area (TPSA) is 118 Å². The summed E-state index contributed by atoms with van der Waals surface area (Å²) in [5, 5.41) is 24.2. The number of nitrogens with two attached hydrogens (primary N) is 1. The zero-order chi connectivity index (χ0) is 11.3. The summed E-state index contributed by atoms with van der Waals surface area (Å²) in [5.74, 6) is -0.423. The van der Waals surface area contributed by atoms with Gasteiger partial charge in [0.15, 0.2) is 0 Å². The van der Waals surface area contributed by atoms with E-state index in [4.69, 9.17) is 11.1 Å². The third-order valence-corrected chi connectivity index (χ3v) is 1.61. The summed E-state index contributed by atoms with van der Waals surface area (Å²) in [4.78, 5) is 10.1. The van der Waals surface area contributed by atoms with Gasteiger partial charge in [-0.05, 0) is 0 Å². The zero-order valence-corrected chi connectivity index (χ0v) is 7.75. The predicted octanol–water partition coefficient (Wildman–Crippen LogP) is 1.44. The first kappa shape index (κ1) is 10.8. The smallest absolute Gasteiger partial charge is 0.274 e. The van der Waals surface area contributed by atoms with Crippen molar-refractivity contribution in [3.05, 3.63) is 39.9 Å². The maximum atomic E-state index is 10.6. The fourth-order valence-electron chi connectivity index (χ4n) is 1.01. The number of hydrogen-bond donors (Lipinski definition) is 2. The molecule has 0 saturated heterocycles. The quantitative estimate of drug-likeness (QED) is 0.256. The van der Waals surface area contributed by atoms with E-state index in [1.54, 1.807) is 18.2 Å². The molecule has 0 radical (unpaired) electrons. The van der Waals surface area contributed by atoms with Gasteiger partial charge >= 0.3 is 0 Å². The number of azo groups is 1. The molecule has 1 aromatic rings. The van der Waals surface area contributed by atoms with Crippen molar-refractivity contribution in [2.24, 2.45) is 16.0 Å². The number of nitrogens with one attached hydrogen (secondary N) is 1. The van der Waals surface area contributed by atoms with Crippen LogP contribution in [-0.4, -0.2) is 10.9 Å². The van der Waals surface area contributed by atoms with E-state index in [-0.39, 0.29) is 12.2 Å². The molecule has 0 atom stereocenters. The molecule has 0 saturated carbocycles. The Morgan fingerprint density at radius 2 is 2.20 bits per heavy atom. The lowest BCUT2D eigenvalue weighted by Crippen LogP contribution is -2.04. The Kier molecular flexibility index (Phi) is 3.44. The molecule has 0 aliphatic heterocycles. The zero-order valence-electron chi connectivity index (χ0n) is 7.75. The molecule has 0 fully saturated rings. The number of nitro groups is 1. The Bertz CT molecular complexity index is 415. The van der Waals surface area contributed by atoms with Gasteiger partial charge in [-0.1, -0.05) is 18.2 Å². The Labute approximate surface area is 85.3 Å². The van der Waals surface area contributed by atoms with Crippen LogP contribution in [0, 0.1) is 15.5 Å². The van der Waals surface area contributed by atoms with Crippen LogP contribution in [0.5, 0.6) is 0 Å². The van der Waals surface area contributed by atoms with Crippen LogP contribution in [-0.2, 0) is 6.54 Å². The molecule has 7 heteroatoms. The molecule has 7 nitrogen and oxygen atoms in total. The van der Waals surface area contributed by atoms with E-state index in [1.807, 2.05) is 0 Å². The molecule has 1 aromatic carbocycles. The van der Waals surface area contributed by atoms with Crippen molar-refractivity contribution in [2.75, 3.05) is 0 Å². The van der Waals surface area contributed by atoms with Gasteiger partial charge in [0, 0.05) is 6.07 Å². The molecule has 0 aliphatic carbocycles. The van der Waals surface area contributed by atoms with Crippen molar-refractivity contribution in [1.29, 1.82) is 5.41 Å². The van der Waals surface area contributed by atoms with Crippen LogP contribution < -0.4 is 5.73 Å². The second-order valence-electron chi connectivity index (χ2n) is 2.67. The first-order valence-electron chi connectivity index (χ1n) is 4.05. The van der Waals surface area contributed by atoms with Crippen molar-refractivity contribution in [1.82, 2.24) is 0 Å². The highest BCUT2D eigenvalue weighted by molar-refractivity contribution is 5.74. The van der Waals surface area contributed by atoms with Crippen molar-refractivity contribution in [3.63, 3.8) is 0 Å². The maximum Gasteiger partial charge on any atom is 0.274 e.